The highest BCUT2D eigenvalue weighted by molar-refractivity contribution is 8.00. The zero-order valence-electron chi connectivity index (χ0n) is 12.0. The van der Waals surface area contributed by atoms with Crippen LogP contribution in [0.3, 0.4) is 0 Å². The van der Waals surface area contributed by atoms with E-state index < -0.39 is 0 Å². The highest BCUT2D eigenvalue weighted by Gasteiger charge is 2.30. The molecule has 0 saturated heterocycles. The molecule has 1 aromatic rings. The Kier molecular flexibility index (Phi) is 5.43. The Bertz CT molecular complexity index is 467. The average molecular weight is 294 g/mol. The van der Waals surface area contributed by atoms with Gasteiger partial charge in [-0.2, -0.15) is 0 Å². The van der Waals surface area contributed by atoms with E-state index in [1.54, 1.807) is 23.9 Å². The molecule has 20 heavy (non-hydrogen) atoms. The Hall–Kier alpha value is -1.07. The van der Waals surface area contributed by atoms with Crippen LogP contribution in [-0.4, -0.2) is 22.8 Å². The van der Waals surface area contributed by atoms with E-state index in [-0.39, 0.29) is 10.6 Å². The van der Waals surface area contributed by atoms with Gasteiger partial charge in [0.25, 0.3) is 5.69 Å². The van der Waals surface area contributed by atoms with E-state index in [9.17, 15) is 10.1 Å². The second-order valence-electron chi connectivity index (χ2n) is 5.46. The molecule has 0 radical (unpaired) electrons. The molecule has 0 amide bonds. The van der Waals surface area contributed by atoms with E-state index in [0.29, 0.717) is 17.2 Å². The molecule has 0 spiro atoms. The molecule has 1 N–H and O–H groups in total. The molecule has 110 valence electrons. The SMILES string of the molecule is CCNC1CCC(C)CC1Sc1ccccc1[N+](=O)[O-]. The standard InChI is InChI=1S/C15H22N2O2S/c1-3-16-12-9-8-11(2)10-15(12)20-14-7-5-4-6-13(14)17(18)19/h4-7,11-12,15-16H,3,8-10H2,1-2H3. The zero-order valence-corrected chi connectivity index (χ0v) is 12.9. The summed E-state index contributed by atoms with van der Waals surface area (Å²) in [4.78, 5) is 11.6. The summed E-state index contributed by atoms with van der Waals surface area (Å²) in [7, 11) is 0. The first-order valence-electron chi connectivity index (χ1n) is 7.25. The molecule has 0 bridgehead atoms. The Morgan fingerprint density at radius 1 is 1.40 bits per heavy atom. The fourth-order valence-electron chi connectivity index (χ4n) is 2.83. The first kappa shape index (κ1) is 15.3. The highest BCUT2D eigenvalue weighted by Crippen LogP contribution is 2.39. The molecule has 1 aliphatic rings. The van der Waals surface area contributed by atoms with E-state index in [1.165, 1.54) is 6.42 Å². The topological polar surface area (TPSA) is 55.2 Å². The monoisotopic (exact) mass is 294 g/mol. The lowest BCUT2D eigenvalue weighted by molar-refractivity contribution is -0.387. The third kappa shape index (κ3) is 3.73. The van der Waals surface area contributed by atoms with Crippen molar-refractivity contribution >= 4 is 17.4 Å². The summed E-state index contributed by atoms with van der Waals surface area (Å²) in [5.74, 6) is 0.699. The second kappa shape index (κ2) is 7.09. The van der Waals surface area contributed by atoms with Crippen molar-refractivity contribution in [3.63, 3.8) is 0 Å². The van der Waals surface area contributed by atoms with Crippen LogP contribution in [0.25, 0.3) is 0 Å². The average Bonchev–Trinajstić information content (AvgIpc) is 2.42. The largest absolute Gasteiger partial charge is 0.313 e. The van der Waals surface area contributed by atoms with E-state index in [1.807, 2.05) is 12.1 Å². The molecular formula is C15H22N2O2S. The molecule has 1 aromatic carbocycles. The minimum absolute atomic E-state index is 0.228. The summed E-state index contributed by atoms with van der Waals surface area (Å²) >= 11 is 1.67. The number of hydrogen-bond acceptors (Lipinski definition) is 4. The number of rotatable bonds is 5. The number of nitro groups is 1. The van der Waals surface area contributed by atoms with Crippen molar-refractivity contribution < 1.29 is 4.92 Å². The van der Waals surface area contributed by atoms with Gasteiger partial charge in [0.15, 0.2) is 0 Å². The molecule has 0 aliphatic heterocycles. The molecule has 3 unspecified atom stereocenters. The number of nitrogens with one attached hydrogen (secondary N) is 1. The summed E-state index contributed by atoms with van der Waals surface area (Å²) in [6.07, 6.45) is 3.52. The third-order valence-electron chi connectivity index (χ3n) is 3.86. The van der Waals surface area contributed by atoms with Crippen LogP contribution >= 0.6 is 11.8 Å². The molecule has 0 heterocycles. The normalized spacial score (nSPS) is 26.4. The van der Waals surface area contributed by atoms with Gasteiger partial charge >= 0.3 is 0 Å². The Labute approximate surface area is 124 Å². The van der Waals surface area contributed by atoms with Gasteiger partial charge in [0.1, 0.15) is 0 Å². The van der Waals surface area contributed by atoms with Crippen molar-refractivity contribution in [2.75, 3.05) is 6.54 Å². The van der Waals surface area contributed by atoms with Crippen LogP contribution < -0.4 is 5.32 Å². The van der Waals surface area contributed by atoms with Gasteiger partial charge in [0, 0.05) is 17.4 Å². The number of nitrogens with zero attached hydrogens (tertiary/aromatic N) is 1. The number of para-hydroxylation sites is 1. The van der Waals surface area contributed by atoms with Gasteiger partial charge in [-0.3, -0.25) is 10.1 Å². The van der Waals surface area contributed by atoms with Crippen LogP contribution in [0, 0.1) is 16.0 Å². The van der Waals surface area contributed by atoms with Crippen LogP contribution in [0.5, 0.6) is 0 Å². The number of thioether (sulfide) groups is 1. The molecule has 5 heteroatoms. The first-order valence-corrected chi connectivity index (χ1v) is 8.13. The molecule has 2 rings (SSSR count). The summed E-state index contributed by atoms with van der Waals surface area (Å²) < 4.78 is 0. The van der Waals surface area contributed by atoms with Crippen molar-refractivity contribution in [1.82, 2.24) is 5.32 Å². The highest BCUT2D eigenvalue weighted by atomic mass is 32.2. The van der Waals surface area contributed by atoms with Crippen molar-refractivity contribution in [2.45, 2.75) is 49.3 Å². The fraction of sp³-hybridized carbons (Fsp3) is 0.600. The smallest absolute Gasteiger partial charge is 0.282 e. The number of hydrogen-bond donors (Lipinski definition) is 1. The van der Waals surface area contributed by atoms with E-state index in [0.717, 1.165) is 24.3 Å². The summed E-state index contributed by atoms with van der Waals surface area (Å²) in [6.45, 7) is 5.34. The quantitative estimate of drug-likeness (QED) is 0.662. The molecule has 3 atom stereocenters. The Morgan fingerprint density at radius 2 is 2.15 bits per heavy atom. The molecular weight excluding hydrogens is 272 g/mol. The minimum atomic E-state index is -0.281. The maximum absolute atomic E-state index is 11.1. The van der Waals surface area contributed by atoms with Gasteiger partial charge < -0.3 is 5.32 Å². The van der Waals surface area contributed by atoms with Gasteiger partial charge in [-0.05, 0) is 37.8 Å². The maximum atomic E-state index is 11.1. The van der Waals surface area contributed by atoms with Gasteiger partial charge in [0.05, 0.1) is 9.82 Å². The van der Waals surface area contributed by atoms with Crippen LogP contribution in [0.2, 0.25) is 0 Å². The molecule has 4 nitrogen and oxygen atoms in total. The predicted octanol–water partition coefficient (Wildman–Crippen LogP) is 3.85. The Balaban J connectivity index is 2.15. The van der Waals surface area contributed by atoms with Crippen molar-refractivity contribution in [3.05, 3.63) is 34.4 Å². The van der Waals surface area contributed by atoms with Crippen LogP contribution in [0.15, 0.2) is 29.2 Å². The van der Waals surface area contributed by atoms with Crippen LogP contribution in [0.1, 0.15) is 33.1 Å². The maximum Gasteiger partial charge on any atom is 0.282 e. The first-order chi connectivity index (χ1) is 9.61. The second-order valence-corrected chi connectivity index (χ2v) is 6.74. The summed E-state index contributed by atoms with van der Waals surface area (Å²) in [6, 6.07) is 7.53. The summed E-state index contributed by atoms with van der Waals surface area (Å²) in [5.41, 5.74) is 0.228. The summed E-state index contributed by atoms with van der Waals surface area (Å²) in [5, 5.41) is 15.1. The van der Waals surface area contributed by atoms with Gasteiger partial charge in [-0.15, -0.1) is 11.8 Å². The van der Waals surface area contributed by atoms with Gasteiger partial charge in [0.2, 0.25) is 0 Å². The number of benzene rings is 1. The lowest BCUT2D eigenvalue weighted by Crippen LogP contribution is -2.42. The number of nitro benzene ring substituents is 1. The zero-order chi connectivity index (χ0) is 14.5. The lowest BCUT2D eigenvalue weighted by atomic mass is 9.87. The van der Waals surface area contributed by atoms with Crippen molar-refractivity contribution in [1.29, 1.82) is 0 Å². The molecule has 1 saturated carbocycles. The van der Waals surface area contributed by atoms with Crippen LogP contribution in [0.4, 0.5) is 5.69 Å². The Morgan fingerprint density at radius 3 is 2.85 bits per heavy atom. The third-order valence-corrected chi connectivity index (χ3v) is 5.28. The fourth-order valence-corrected chi connectivity index (χ4v) is 4.39. The predicted molar refractivity (Wildman–Crippen MR) is 83.2 cm³/mol. The van der Waals surface area contributed by atoms with E-state index >= 15 is 0 Å². The lowest BCUT2D eigenvalue weighted by Gasteiger charge is -2.34. The van der Waals surface area contributed by atoms with Crippen molar-refractivity contribution in [3.8, 4) is 0 Å². The van der Waals surface area contributed by atoms with Gasteiger partial charge in [-0.1, -0.05) is 26.0 Å². The van der Waals surface area contributed by atoms with Crippen LogP contribution in [-0.2, 0) is 0 Å². The van der Waals surface area contributed by atoms with Gasteiger partial charge in [-0.25, -0.2) is 0 Å². The van der Waals surface area contributed by atoms with Crippen molar-refractivity contribution in [2.24, 2.45) is 5.92 Å². The molecule has 0 aromatic heterocycles. The molecule has 1 fully saturated rings. The van der Waals surface area contributed by atoms with E-state index in [4.69, 9.17) is 0 Å². The van der Waals surface area contributed by atoms with E-state index in [2.05, 4.69) is 19.2 Å². The molecule has 1 aliphatic carbocycles. The minimum Gasteiger partial charge on any atom is -0.313 e.